The summed E-state index contributed by atoms with van der Waals surface area (Å²) in [6.45, 7) is 4.19. The molecular formula is C16H24BrNO. The standard InChI is InChI=1S/C16H24BrNO/c1-11-10-18-15(12(2)16(11)19-3)8-14(9-17)13-6-4-5-7-13/h10,13-14H,4-9H2,1-3H3. The average molecular weight is 326 g/mol. The molecule has 0 bridgehead atoms. The van der Waals surface area contributed by atoms with E-state index in [-0.39, 0.29) is 0 Å². The zero-order chi connectivity index (χ0) is 13.8. The van der Waals surface area contributed by atoms with Crippen molar-refractivity contribution >= 4 is 15.9 Å². The van der Waals surface area contributed by atoms with E-state index >= 15 is 0 Å². The van der Waals surface area contributed by atoms with Crippen molar-refractivity contribution in [2.45, 2.75) is 46.0 Å². The van der Waals surface area contributed by atoms with Gasteiger partial charge in [0, 0.05) is 28.3 Å². The Kier molecular flexibility index (Phi) is 5.26. The van der Waals surface area contributed by atoms with Gasteiger partial charge >= 0.3 is 0 Å². The summed E-state index contributed by atoms with van der Waals surface area (Å²) >= 11 is 3.70. The minimum atomic E-state index is 0.709. The molecule has 0 spiro atoms. The van der Waals surface area contributed by atoms with Gasteiger partial charge in [0.15, 0.2) is 0 Å². The van der Waals surface area contributed by atoms with Crippen molar-refractivity contribution in [1.82, 2.24) is 4.98 Å². The lowest BCUT2D eigenvalue weighted by Crippen LogP contribution is -2.17. The van der Waals surface area contributed by atoms with Crippen LogP contribution in [-0.2, 0) is 6.42 Å². The number of halogens is 1. The second kappa shape index (κ2) is 6.74. The molecule has 1 atom stereocenters. The zero-order valence-electron chi connectivity index (χ0n) is 12.2. The van der Waals surface area contributed by atoms with Crippen LogP contribution in [0.25, 0.3) is 0 Å². The molecule has 1 aliphatic carbocycles. The lowest BCUT2D eigenvalue weighted by Gasteiger charge is -2.22. The van der Waals surface area contributed by atoms with Crippen LogP contribution in [0.1, 0.15) is 42.5 Å². The van der Waals surface area contributed by atoms with E-state index in [0.717, 1.165) is 29.0 Å². The van der Waals surface area contributed by atoms with Gasteiger partial charge < -0.3 is 4.74 Å². The first kappa shape index (κ1) is 14.8. The molecule has 0 saturated heterocycles. The van der Waals surface area contributed by atoms with E-state index in [1.807, 2.05) is 6.20 Å². The van der Waals surface area contributed by atoms with Gasteiger partial charge in [0.2, 0.25) is 0 Å². The molecular weight excluding hydrogens is 302 g/mol. The predicted octanol–water partition coefficient (Wildman–Crippen LogP) is 4.45. The van der Waals surface area contributed by atoms with Gasteiger partial charge in [-0.1, -0.05) is 41.6 Å². The molecule has 3 heteroatoms. The number of aromatic nitrogens is 1. The van der Waals surface area contributed by atoms with E-state index in [1.165, 1.54) is 36.9 Å². The van der Waals surface area contributed by atoms with Crippen LogP contribution < -0.4 is 4.74 Å². The Bertz CT molecular complexity index is 427. The number of ether oxygens (including phenoxy) is 1. The summed E-state index contributed by atoms with van der Waals surface area (Å²) in [7, 11) is 1.75. The van der Waals surface area contributed by atoms with Crippen molar-refractivity contribution in [2.24, 2.45) is 11.8 Å². The number of methoxy groups -OCH3 is 1. The van der Waals surface area contributed by atoms with Crippen molar-refractivity contribution in [2.75, 3.05) is 12.4 Å². The van der Waals surface area contributed by atoms with Crippen LogP contribution in [-0.4, -0.2) is 17.4 Å². The quantitative estimate of drug-likeness (QED) is 0.746. The molecule has 1 heterocycles. The second-order valence-electron chi connectivity index (χ2n) is 5.71. The molecule has 0 amide bonds. The van der Waals surface area contributed by atoms with Crippen molar-refractivity contribution in [1.29, 1.82) is 0 Å². The number of aryl methyl sites for hydroxylation is 1. The fourth-order valence-corrected chi connectivity index (χ4v) is 4.06. The molecule has 1 aliphatic rings. The van der Waals surface area contributed by atoms with Gasteiger partial charge in [0.05, 0.1) is 7.11 Å². The number of nitrogens with zero attached hydrogens (tertiary/aromatic N) is 1. The predicted molar refractivity (Wildman–Crippen MR) is 83.2 cm³/mol. The molecule has 19 heavy (non-hydrogen) atoms. The Labute approximate surface area is 125 Å². The van der Waals surface area contributed by atoms with Gasteiger partial charge in [-0.15, -0.1) is 0 Å². The third kappa shape index (κ3) is 3.31. The van der Waals surface area contributed by atoms with Crippen LogP contribution in [0.15, 0.2) is 6.20 Å². The van der Waals surface area contributed by atoms with Crippen LogP contribution in [0.3, 0.4) is 0 Å². The third-order valence-electron chi connectivity index (χ3n) is 4.47. The number of hydrogen-bond donors (Lipinski definition) is 0. The summed E-state index contributed by atoms with van der Waals surface area (Å²) in [5, 5.41) is 1.08. The lowest BCUT2D eigenvalue weighted by molar-refractivity contribution is 0.367. The Hall–Kier alpha value is -0.570. The highest BCUT2D eigenvalue weighted by molar-refractivity contribution is 9.09. The largest absolute Gasteiger partial charge is 0.496 e. The van der Waals surface area contributed by atoms with E-state index in [4.69, 9.17) is 4.74 Å². The summed E-state index contributed by atoms with van der Waals surface area (Å²) in [4.78, 5) is 4.64. The smallest absolute Gasteiger partial charge is 0.128 e. The second-order valence-corrected chi connectivity index (χ2v) is 6.36. The molecule has 0 radical (unpaired) electrons. The molecule has 0 N–H and O–H groups in total. The van der Waals surface area contributed by atoms with Crippen molar-refractivity contribution < 1.29 is 4.74 Å². The summed E-state index contributed by atoms with van der Waals surface area (Å²) in [5.41, 5.74) is 3.55. The van der Waals surface area contributed by atoms with Gasteiger partial charge in [-0.05, 0) is 32.1 Å². The van der Waals surface area contributed by atoms with Crippen LogP contribution in [0.2, 0.25) is 0 Å². The number of pyridine rings is 1. The van der Waals surface area contributed by atoms with Crippen LogP contribution in [0.5, 0.6) is 5.75 Å². The van der Waals surface area contributed by atoms with Crippen LogP contribution in [0, 0.1) is 25.7 Å². The summed E-state index contributed by atoms with van der Waals surface area (Å²) in [6, 6.07) is 0. The Morgan fingerprint density at radius 1 is 1.37 bits per heavy atom. The van der Waals surface area contributed by atoms with Crippen LogP contribution >= 0.6 is 15.9 Å². The monoisotopic (exact) mass is 325 g/mol. The highest BCUT2D eigenvalue weighted by Crippen LogP contribution is 2.35. The van der Waals surface area contributed by atoms with E-state index in [2.05, 4.69) is 34.8 Å². The first-order chi connectivity index (χ1) is 9.17. The van der Waals surface area contributed by atoms with Gasteiger partial charge in [0.25, 0.3) is 0 Å². The normalized spacial score (nSPS) is 17.7. The fourth-order valence-electron chi connectivity index (χ4n) is 3.30. The van der Waals surface area contributed by atoms with Gasteiger partial charge in [0.1, 0.15) is 5.75 Å². The maximum Gasteiger partial charge on any atom is 0.128 e. The van der Waals surface area contributed by atoms with E-state index in [1.54, 1.807) is 7.11 Å². The van der Waals surface area contributed by atoms with Crippen molar-refractivity contribution in [3.8, 4) is 5.75 Å². The number of rotatable bonds is 5. The number of alkyl halides is 1. The topological polar surface area (TPSA) is 22.1 Å². The Balaban J connectivity index is 2.17. The molecule has 2 rings (SSSR count). The zero-order valence-corrected chi connectivity index (χ0v) is 13.8. The average Bonchev–Trinajstić information content (AvgIpc) is 2.92. The van der Waals surface area contributed by atoms with Gasteiger partial charge in [-0.25, -0.2) is 0 Å². The van der Waals surface area contributed by atoms with E-state index in [9.17, 15) is 0 Å². The molecule has 1 saturated carbocycles. The molecule has 1 unspecified atom stereocenters. The minimum Gasteiger partial charge on any atom is -0.496 e. The van der Waals surface area contributed by atoms with E-state index in [0.29, 0.717) is 5.92 Å². The summed E-state index contributed by atoms with van der Waals surface area (Å²) < 4.78 is 5.51. The van der Waals surface area contributed by atoms with Crippen LogP contribution in [0.4, 0.5) is 0 Å². The lowest BCUT2D eigenvalue weighted by atomic mass is 9.87. The molecule has 1 fully saturated rings. The van der Waals surface area contributed by atoms with Crippen molar-refractivity contribution in [3.05, 3.63) is 23.0 Å². The van der Waals surface area contributed by atoms with Crippen molar-refractivity contribution in [3.63, 3.8) is 0 Å². The third-order valence-corrected chi connectivity index (χ3v) is 5.30. The fraction of sp³-hybridized carbons (Fsp3) is 0.688. The SMILES string of the molecule is COc1c(C)cnc(CC(CBr)C2CCCC2)c1C. The highest BCUT2D eigenvalue weighted by Gasteiger charge is 2.25. The molecule has 0 aliphatic heterocycles. The van der Waals surface area contributed by atoms with Gasteiger partial charge in [-0.2, -0.15) is 0 Å². The molecule has 106 valence electrons. The summed E-state index contributed by atoms with van der Waals surface area (Å²) in [6.07, 6.45) is 8.59. The highest BCUT2D eigenvalue weighted by atomic mass is 79.9. The number of hydrogen-bond acceptors (Lipinski definition) is 2. The summed E-state index contributed by atoms with van der Waals surface area (Å²) in [5.74, 6) is 2.58. The molecule has 1 aromatic heterocycles. The first-order valence-corrected chi connectivity index (χ1v) is 8.34. The maximum absolute atomic E-state index is 5.51. The maximum atomic E-state index is 5.51. The van der Waals surface area contributed by atoms with E-state index < -0.39 is 0 Å². The molecule has 2 nitrogen and oxygen atoms in total. The first-order valence-electron chi connectivity index (χ1n) is 7.22. The van der Waals surface area contributed by atoms with Gasteiger partial charge in [-0.3, -0.25) is 4.98 Å². The Morgan fingerprint density at radius 3 is 2.63 bits per heavy atom. The minimum absolute atomic E-state index is 0.709. The molecule has 0 aromatic carbocycles. The molecule has 1 aromatic rings. The Morgan fingerprint density at radius 2 is 2.05 bits per heavy atom.